The van der Waals surface area contributed by atoms with Crippen LogP contribution in [0.1, 0.15) is 25.0 Å². The summed E-state index contributed by atoms with van der Waals surface area (Å²) in [7, 11) is 1.84. The predicted octanol–water partition coefficient (Wildman–Crippen LogP) is 3.54. The maximum absolute atomic E-state index is 12.0. The lowest BCUT2D eigenvalue weighted by Crippen LogP contribution is -2.37. The Balaban J connectivity index is 1.71. The molecule has 1 aliphatic rings. The number of rotatable bonds is 4. The smallest absolute Gasteiger partial charge is 0.241 e. The van der Waals surface area contributed by atoms with Gasteiger partial charge in [-0.1, -0.05) is 30.3 Å². The number of fused-ring (bicyclic) bond motifs is 3. The maximum Gasteiger partial charge on any atom is 0.241 e. The van der Waals surface area contributed by atoms with Gasteiger partial charge in [0, 0.05) is 18.8 Å². The molecule has 3 heteroatoms. The van der Waals surface area contributed by atoms with E-state index < -0.39 is 0 Å². The van der Waals surface area contributed by atoms with Gasteiger partial charge in [0.2, 0.25) is 5.91 Å². The number of amides is 1. The van der Waals surface area contributed by atoms with Crippen LogP contribution in [0, 0.1) is 0 Å². The normalized spacial score (nSPS) is 12.0. The Morgan fingerprint density at radius 2 is 1.86 bits per heavy atom. The van der Waals surface area contributed by atoms with Gasteiger partial charge in [0.25, 0.3) is 0 Å². The van der Waals surface area contributed by atoms with Crippen molar-refractivity contribution in [2.45, 2.75) is 26.3 Å². The molecule has 3 nitrogen and oxygen atoms in total. The molecule has 0 spiro atoms. The van der Waals surface area contributed by atoms with E-state index in [9.17, 15) is 4.79 Å². The van der Waals surface area contributed by atoms with Crippen molar-refractivity contribution in [2.75, 3.05) is 18.9 Å². The van der Waals surface area contributed by atoms with Gasteiger partial charge in [0.15, 0.2) is 0 Å². The monoisotopic (exact) mass is 294 g/mol. The quantitative estimate of drug-likeness (QED) is 0.798. The summed E-state index contributed by atoms with van der Waals surface area (Å²) in [5.41, 5.74) is 6.37. The van der Waals surface area contributed by atoms with E-state index in [1.165, 1.54) is 22.3 Å². The van der Waals surface area contributed by atoms with E-state index in [2.05, 4.69) is 47.8 Å². The van der Waals surface area contributed by atoms with E-state index in [-0.39, 0.29) is 11.9 Å². The van der Waals surface area contributed by atoms with Crippen LogP contribution in [0.15, 0.2) is 42.5 Å². The second kappa shape index (κ2) is 5.84. The molecule has 114 valence electrons. The van der Waals surface area contributed by atoms with Crippen LogP contribution in [-0.2, 0) is 11.2 Å². The SMILES string of the molecule is CC(C)N(C)C(=O)CNc1ccc2c(c1)Cc1ccccc1-2. The average molecular weight is 294 g/mol. The van der Waals surface area contributed by atoms with Crippen molar-refractivity contribution in [1.82, 2.24) is 4.90 Å². The van der Waals surface area contributed by atoms with Crippen LogP contribution in [-0.4, -0.2) is 30.4 Å². The summed E-state index contributed by atoms with van der Waals surface area (Å²) in [5, 5.41) is 3.25. The summed E-state index contributed by atoms with van der Waals surface area (Å²) in [6.45, 7) is 4.37. The molecule has 0 aliphatic heterocycles. The van der Waals surface area contributed by atoms with Gasteiger partial charge in [-0.05, 0) is 54.7 Å². The Hall–Kier alpha value is -2.29. The highest BCUT2D eigenvalue weighted by Gasteiger charge is 2.18. The molecule has 1 amide bonds. The second-order valence-corrected chi connectivity index (χ2v) is 6.16. The van der Waals surface area contributed by atoms with Gasteiger partial charge in [-0.3, -0.25) is 4.79 Å². The molecule has 0 fully saturated rings. The summed E-state index contributed by atoms with van der Waals surface area (Å²) in [6.07, 6.45) is 0.973. The Morgan fingerprint density at radius 3 is 2.64 bits per heavy atom. The van der Waals surface area contributed by atoms with Crippen LogP contribution < -0.4 is 5.32 Å². The molecule has 0 saturated heterocycles. The number of hydrogen-bond acceptors (Lipinski definition) is 2. The van der Waals surface area contributed by atoms with Gasteiger partial charge in [0.1, 0.15) is 0 Å². The molecule has 0 atom stereocenters. The lowest BCUT2D eigenvalue weighted by molar-refractivity contribution is -0.129. The van der Waals surface area contributed by atoms with Crippen molar-refractivity contribution in [1.29, 1.82) is 0 Å². The molecule has 0 radical (unpaired) electrons. The molecule has 0 aromatic heterocycles. The van der Waals surface area contributed by atoms with Crippen LogP contribution in [0.3, 0.4) is 0 Å². The van der Waals surface area contributed by atoms with E-state index in [1.54, 1.807) is 4.90 Å². The predicted molar refractivity (Wildman–Crippen MR) is 91.1 cm³/mol. The van der Waals surface area contributed by atoms with Crippen LogP contribution in [0.4, 0.5) is 5.69 Å². The molecular formula is C19H22N2O. The summed E-state index contributed by atoms with van der Waals surface area (Å²) in [4.78, 5) is 13.8. The zero-order valence-corrected chi connectivity index (χ0v) is 13.4. The van der Waals surface area contributed by atoms with E-state index in [0.717, 1.165) is 12.1 Å². The van der Waals surface area contributed by atoms with Crippen LogP contribution >= 0.6 is 0 Å². The third-order valence-corrected chi connectivity index (χ3v) is 4.41. The largest absolute Gasteiger partial charge is 0.376 e. The first-order chi connectivity index (χ1) is 10.6. The Morgan fingerprint density at radius 1 is 1.14 bits per heavy atom. The third-order valence-electron chi connectivity index (χ3n) is 4.41. The molecule has 0 heterocycles. The summed E-state index contributed by atoms with van der Waals surface area (Å²) in [6, 6.07) is 15.1. The number of nitrogens with one attached hydrogen (secondary N) is 1. The number of benzene rings is 2. The molecule has 2 aromatic rings. The van der Waals surface area contributed by atoms with Gasteiger partial charge in [-0.25, -0.2) is 0 Å². The van der Waals surface area contributed by atoms with Gasteiger partial charge in [0.05, 0.1) is 6.54 Å². The summed E-state index contributed by atoms with van der Waals surface area (Å²) in [5.74, 6) is 0.110. The van der Waals surface area contributed by atoms with Crippen molar-refractivity contribution in [3.63, 3.8) is 0 Å². The first-order valence-electron chi connectivity index (χ1n) is 7.77. The van der Waals surface area contributed by atoms with Crippen LogP contribution in [0.25, 0.3) is 11.1 Å². The fourth-order valence-corrected chi connectivity index (χ4v) is 2.85. The van der Waals surface area contributed by atoms with Crippen LogP contribution in [0.2, 0.25) is 0 Å². The van der Waals surface area contributed by atoms with Gasteiger partial charge >= 0.3 is 0 Å². The molecule has 1 aliphatic carbocycles. The van der Waals surface area contributed by atoms with E-state index >= 15 is 0 Å². The zero-order chi connectivity index (χ0) is 15.7. The van der Waals surface area contributed by atoms with Crippen LogP contribution in [0.5, 0.6) is 0 Å². The highest BCUT2D eigenvalue weighted by atomic mass is 16.2. The van der Waals surface area contributed by atoms with E-state index in [0.29, 0.717) is 6.54 Å². The lowest BCUT2D eigenvalue weighted by Gasteiger charge is -2.21. The van der Waals surface area contributed by atoms with Gasteiger partial charge in [-0.2, -0.15) is 0 Å². The first-order valence-corrected chi connectivity index (χ1v) is 7.77. The minimum absolute atomic E-state index is 0.110. The lowest BCUT2D eigenvalue weighted by atomic mass is 10.1. The topological polar surface area (TPSA) is 32.3 Å². The van der Waals surface area contributed by atoms with Crippen molar-refractivity contribution in [3.8, 4) is 11.1 Å². The Bertz CT molecular complexity index is 706. The minimum Gasteiger partial charge on any atom is -0.376 e. The number of likely N-dealkylation sites (N-methyl/N-ethyl adjacent to an activating group) is 1. The molecule has 2 aromatic carbocycles. The van der Waals surface area contributed by atoms with Gasteiger partial charge in [-0.15, -0.1) is 0 Å². The fraction of sp³-hybridized carbons (Fsp3) is 0.316. The fourth-order valence-electron chi connectivity index (χ4n) is 2.85. The second-order valence-electron chi connectivity index (χ2n) is 6.16. The van der Waals surface area contributed by atoms with Crippen molar-refractivity contribution in [2.24, 2.45) is 0 Å². The van der Waals surface area contributed by atoms with Crippen molar-refractivity contribution >= 4 is 11.6 Å². The van der Waals surface area contributed by atoms with E-state index in [4.69, 9.17) is 0 Å². The number of carbonyl (C=O) groups excluding carboxylic acids is 1. The maximum atomic E-state index is 12.0. The molecule has 0 bridgehead atoms. The molecular weight excluding hydrogens is 272 g/mol. The highest BCUT2D eigenvalue weighted by molar-refractivity contribution is 5.82. The summed E-state index contributed by atoms with van der Waals surface area (Å²) >= 11 is 0. The average Bonchev–Trinajstić information content (AvgIpc) is 2.89. The first kappa shape index (κ1) is 14.6. The Kier molecular flexibility index (Phi) is 3.88. The van der Waals surface area contributed by atoms with Crippen molar-refractivity contribution < 1.29 is 4.79 Å². The molecule has 0 unspecified atom stereocenters. The highest BCUT2D eigenvalue weighted by Crippen LogP contribution is 2.37. The third kappa shape index (κ3) is 2.71. The number of carbonyl (C=O) groups is 1. The molecule has 1 N–H and O–H groups in total. The van der Waals surface area contributed by atoms with E-state index in [1.807, 2.05) is 20.9 Å². The molecule has 22 heavy (non-hydrogen) atoms. The molecule has 3 rings (SSSR count). The number of anilines is 1. The minimum atomic E-state index is 0.110. The number of hydrogen-bond donors (Lipinski definition) is 1. The van der Waals surface area contributed by atoms with Crippen molar-refractivity contribution in [3.05, 3.63) is 53.6 Å². The Labute approximate surface area is 132 Å². The number of nitrogens with zero attached hydrogens (tertiary/aromatic N) is 1. The zero-order valence-electron chi connectivity index (χ0n) is 13.4. The summed E-state index contributed by atoms with van der Waals surface area (Å²) < 4.78 is 0. The van der Waals surface area contributed by atoms with Gasteiger partial charge < -0.3 is 10.2 Å². The molecule has 0 saturated carbocycles. The standard InChI is InChI=1S/C19H22N2O/c1-13(2)21(3)19(22)12-20-16-8-9-18-15(11-16)10-14-6-4-5-7-17(14)18/h4-9,11,13,20H,10,12H2,1-3H3.